The van der Waals surface area contributed by atoms with E-state index in [2.05, 4.69) is 20.0 Å². The third kappa shape index (κ3) is 3.27. The van der Waals surface area contributed by atoms with Gasteiger partial charge in [0.05, 0.1) is 18.0 Å². The van der Waals surface area contributed by atoms with E-state index < -0.39 is 0 Å². The zero-order valence-electron chi connectivity index (χ0n) is 15.0. The molecule has 1 aliphatic heterocycles. The van der Waals surface area contributed by atoms with E-state index >= 15 is 0 Å². The Hall–Kier alpha value is -3.23. The molecule has 0 atom stereocenters. The average molecular weight is 369 g/mol. The van der Waals surface area contributed by atoms with Crippen LogP contribution in [-0.4, -0.2) is 56.7 Å². The Morgan fingerprint density at radius 2 is 1.93 bits per heavy atom. The molecule has 1 aliphatic rings. The number of piperazine rings is 1. The molecule has 3 aromatic rings. The molecule has 8 nitrogen and oxygen atoms in total. The molecule has 0 bridgehead atoms. The number of hydrogen-bond donors (Lipinski definition) is 1. The molecule has 1 fully saturated rings. The van der Waals surface area contributed by atoms with Crippen molar-refractivity contribution in [1.29, 1.82) is 0 Å². The molecule has 0 radical (unpaired) electrons. The van der Waals surface area contributed by atoms with Gasteiger partial charge >= 0.3 is 0 Å². The molecule has 1 aromatic carbocycles. The largest absolute Gasteiger partial charge is 0.368 e. The van der Waals surface area contributed by atoms with Crippen LogP contribution in [0.2, 0.25) is 0 Å². The highest BCUT2D eigenvalue weighted by molar-refractivity contribution is 5.88. The summed E-state index contributed by atoms with van der Waals surface area (Å²) in [5.74, 6) is 0.499. The van der Waals surface area contributed by atoms with Crippen molar-refractivity contribution in [1.82, 2.24) is 24.6 Å². The first-order valence-electron chi connectivity index (χ1n) is 8.74. The maximum absolute atomic E-state index is 13.8. The predicted octanol–water partition coefficient (Wildman–Crippen LogP) is 0.976. The Balaban J connectivity index is 1.46. The van der Waals surface area contributed by atoms with Crippen LogP contribution in [0, 0.1) is 5.82 Å². The van der Waals surface area contributed by atoms with Crippen molar-refractivity contribution in [2.75, 3.05) is 36.8 Å². The molecule has 0 aliphatic carbocycles. The molecule has 3 heterocycles. The summed E-state index contributed by atoms with van der Waals surface area (Å²) in [6, 6.07) is 6.38. The van der Waals surface area contributed by atoms with Gasteiger partial charge in [-0.2, -0.15) is 15.1 Å². The van der Waals surface area contributed by atoms with Gasteiger partial charge in [0.15, 0.2) is 5.65 Å². The fourth-order valence-electron chi connectivity index (χ4n) is 3.35. The number of halogens is 1. The number of nitrogen functional groups attached to an aromatic ring is 1. The second-order valence-corrected chi connectivity index (χ2v) is 6.55. The Morgan fingerprint density at radius 3 is 2.67 bits per heavy atom. The molecule has 4 rings (SSSR count). The lowest BCUT2D eigenvalue weighted by Gasteiger charge is -2.35. The van der Waals surface area contributed by atoms with E-state index in [-0.39, 0.29) is 24.1 Å². The van der Waals surface area contributed by atoms with Gasteiger partial charge in [-0.15, -0.1) is 0 Å². The van der Waals surface area contributed by atoms with Gasteiger partial charge in [0.1, 0.15) is 11.6 Å². The summed E-state index contributed by atoms with van der Waals surface area (Å²) in [5, 5.41) is 5.05. The van der Waals surface area contributed by atoms with Crippen LogP contribution in [0.3, 0.4) is 0 Å². The molecule has 9 heteroatoms. The highest BCUT2D eigenvalue weighted by Gasteiger charge is 2.24. The monoisotopic (exact) mass is 369 g/mol. The van der Waals surface area contributed by atoms with Crippen molar-refractivity contribution in [3.8, 4) is 0 Å². The SMILES string of the molecule is Cn1ncc2c(N3CCN(C(=O)Cc4ccccc4F)CC3)nc(N)nc21. The van der Waals surface area contributed by atoms with Gasteiger partial charge in [-0.25, -0.2) is 4.39 Å². The third-order valence-electron chi connectivity index (χ3n) is 4.82. The van der Waals surface area contributed by atoms with Crippen molar-refractivity contribution < 1.29 is 9.18 Å². The minimum absolute atomic E-state index is 0.0694. The van der Waals surface area contributed by atoms with Crippen LogP contribution in [0.5, 0.6) is 0 Å². The van der Waals surface area contributed by atoms with Crippen LogP contribution in [0.4, 0.5) is 16.2 Å². The molecule has 27 heavy (non-hydrogen) atoms. The van der Waals surface area contributed by atoms with Crippen molar-refractivity contribution in [3.05, 3.63) is 41.8 Å². The number of fused-ring (bicyclic) bond motifs is 1. The van der Waals surface area contributed by atoms with Gasteiger partial charge in [-0.3, -0.25) is 9.48 Å². The number of nitrogens with two attached hydrogens (primary N) is 1. The number of rotatable bonds is 3. The number of hydrogen-bond acceptors (Lipinski definition) is 6. The lowest BCUT2D eigenvalue weighted by Crippen LogP contribution is -2.49. The first-order valence-corrected chi connectivity index (χ1v) is 8.74. The summed E-state index contributed by atoms with van der Waals surface area (Å²) in [6.07, 6.45) is 1.79. The summed E-state index contributed by atoms with van der Waals surface area (Å²) in [7, 11) is 1.80. The molecule has 2 N–H and O–H groups in total. The Labute approximate surface area is 155 Å². The highest BCUT2D eigenvalue weighted by Crippen LogP contribution is 2.25. The molecule has 0 saturated carbocycles. The van der Waals surface area contributed by atoms with Crippen LogP contribution in [0.15, 0.2) is 30.5 Å². The van der Waals surface area contributed by atoms with E-state index in [4.69, 9.17) is 5.73 Å². The minimum atomic E-state index is -0.347. The number of carbonyl (C=O) groups is 1. The molecule has 2 aromatic heterocycles. The van der Waals surface area contributed by atoms with E-state index in [0.717, 1.165) is 11.2 Å². The Morgan fingerprint density at radius 1 is 1.19 bits per heavy atom. The number of benzene rings is 1. The lowest BCUT2D eigenvalue weighted by molar-refractivity contribution is -0.130. The second-order valence-electron chi connectivity index (χ2n) is 6.55. The van der Waals surface area contributed by atoms with Gasteiger partial charge < -0.3 is 15.5 Å². The van der Waals surface area contributed by atoms with Crippen LogP contribution in [-0.2, 0) is 18.3 Å². The van der Waals surface area contributed by atoms with Gasteiger partial charge in [-0.05, 0) is 11.6 Å². The van der Waals surface area contributed by atoms with Gasteiger partial charge in [-0.1, -0.05) is 18.2 Å². The Kier molecular flexibility index (Phi) is 4.35. The molecule has 1 amide bonds. The summed E-state index contributed by atoms with van der Waals surface area (Å²) in [5.41, 5.74) is 6.94. The standard InChI is InChI=1S/C18H20FN7O/c1-24-16-13(11-21-24)17(23-18(20)22-16)26-8-6-25(7-9-26)15(27)10-12-4-2-3-5-14(12)19/h2-5,11H,6-10H2,1H3,(H2,20,22,23). The summed E-state index contributed by atoms with van der Waals surface area (Å²) in [6.45, 7) is 2.31. The Bertz CT molecular complexity index is 995. The van der Waals surface area contributed by atoms with Crippen molar-refractivity contribution >= 4 is 28.7 Å². The minimum Gasteiger partial charge on any atom is -0.368 e. The smallest absolute Gasteiger partial charge is 0.227 e. The summed E-state index contributed by atoms with van der Waals surface area (Å²) in [4.78, 5) is 25.0. The van der Waals surface area contributed by atoms with Crippen LogP contribution >= 0.6 is 0 Å². The van der Waals surface area contributed by atoms with Crippen LogP contribution < -0.4 is 10.6 Å². The quantitative estimate of drug-likeness (QED) is 0.740. The molecule has 0 spiro atoms. The van der Waals surface area contributed by atoms with Crippen LogP contribution in [0.1, 0.15) is 5.56 Å². The number of nitrogens with zero attached hydrogens (tertiary/aromatic N) is 6. The van der Waals surface area contributed by atoms with E-state index in [1.807, 2.05) is 0 Å². The van der Waals surface area contributed by atoms with E-state index in [0.29, 0.717) is 37.4 Å². The first kappa shape index (κ1) is 17.2. The average Bonchev–Trinajstić information content (AvgIpc) is 3.04. The molecule has 140 valence electrons. The molecule has 1 saturated heterocycles. The van der Waals surface area contributed by atoms with Gasteiger partial charge in [0.25, 0.3) is 0 Å². The number of aryl methyl sites for hydroxylation is 1. The first-order chi connectivity index (χ1) is 13.0. The molecule has 0 unspecified atom stereocenters. The van der Waals surface area contributed by atoms with Crippen molar-refractivity contribution in [3.63, 3.8) is 0 Å². The zero-order valence-corrected chi connectivity index (χ0v) is 15.0. The van der Waals surface area contributed by atoms with E-state index in [9.17, 15) is 9.18 Å². The van der Waals surface area contributed by atoms with Crippen molar-refractivity contribution in [2.45, 2.75) is 6.42 Å². The number of anilines is 2. The normalized spacial score (nSPS) is 14.7. The lowest BCUT2D eigenvalue weighted by atomic mass is 10.1. The van der Waals surface area contributed by atoms with Crippen molar-refractivity contribution in [2.24, 2.45) is 7.05 Å². The maximum Gasteiger partial charge on any atom is 0.227 e. The second kappa shape index (κ2) is 6.82. The summed E-state index contributed by atoms with van der Waals surface area (Å²) < 4.78 is 15.4. The third-order valence-corrected chi connectivity index (χ3v) is 4.82. The van der Waals surface area contributed by atoms with Gasteiger partial charge in [0, 0.05) is 33.2 Å². The number of amides is 1. The summed E-state index contributed by atoms with van der Waals surface area (Å²) >= 11 is 0. The van der Waals surface area contributed by atoms with E-state index in [1.54, 1.807) is 41.0 Å². The fraction of sp³-hybridized carbons (Fsp3) is 0.333. The maximum atomic E-state index is 13.8. The fourth-order valence-corrected chi connectivity index (χ4v) is 3.35. The predicted molar refractivity (Wildman–Crippen MR) is 99.6 cm³/mol. The van der Waals surface area contributed by atoms with E-state index in [1.165, 1.54) is 6.07 Å². The zero-order chi connectivity index (χ0) is 19.0. The van der Waals surface area contributed by atoms with Crippen LogP contribution in [0.25, 0.3) is 11.0 Å². The number of carbonyl (C=O) groups excluding carboxylic acids is 1. The topological polar surface area (TPSA) is 93.2 Å². The number of aromatic nitrogens is 4. The highest BCUT2D eigenvalue weighted by atomic mass is 19.1. The molecular weight excluding hydrogens is 349 g/mol. The molecular formula is C18H20FN7O. The van der Waals surface area contributed by atoms with Gasteiger partial charge in [0.2, 0.25) is 11.9 Å².